The summed E-state index contributed by atoms with van der Waals surface area (Å²) >= 11 is 1.27. The Morgan fingerprint density at radius 2 is 1.55 bits per heavy atom. The Hall–Kier alpha value is -1.59. The molecule has 3 nitrogen and oxygen atoms in total. The van der Waals surface area contributed by atoms with Crippen molar-refractivity contribution in [3.8, 4) is 0 Å². The summed E-state index contributed by atoms with van der Waals surface area (Å²) in [7, 11) is 0. The van der Waals surface area contributed by atoms with E-state index in [0.29, 0.717) is 16.9 Å². The number of nitrogens with one attached hydrogen (secondary N) is 1. The Labute approximate surface area is 132 Å². The first-order valence-corrected chi connectivity index (χ1v) is 6.81. The third-order valence-corrected chi connectivity index (χ3v) is 3.44. The van der Waals surface area contributed by atoms with Crippen LogP contribution in [0, 0.1) is 5.41 Å². The lowest BCUT2D eigenvalue weighted by Gasteiger charge is -2.03. The molecule has 0 atom stereocenters. The van der Waals surface area contributed by atoms with E-state index in [-0.39, 0.29) is 27.9 Å². The van der Waals surface area contributed by atoms with Crippen molar-refractivity contribution in [3.63, 3.8) is 0 Å². The van der Waals surface area contributed by atoms with Crippen molar-refractivity contribution in [1.29, 1.82) is 5.41 Å². The van der Waals surface area contributed by atoms with Crippen molar-refractivity contribution >= 4 is 39.7 Å². The number of carbonyl (C=O) groups excluding carboxylic acids is 1. The van der Waals surface area contributed by atoms with Gasteiger partial charge in [0.15, 0.2) is 11.0 Å². The van der Waals surface area contributed by atoms with E-state index in [2.05, 4.69) is 0 Å². The third kappa shape index (κ3) is 4.51. The van der Waals surface area contributed by atoms with Gasteiger partial charge in [0.25, 0.3) is 0 Å². The number of ketones is 1. The van der Waals surface area contributed by atoms with Gasteiger partial charge in [-0.2, -0.15) is 0 Å². The molecule has 3 N–H and O–H groups in total. The molecular weight excluding hydrogens is 336 g/mol. The molecule has 0 saturated heterocycles. The zero-order valence-corrected chi connectivity index (χ0v) is 13.2. The molecule has 0 saturated carbocycles. The van der Waals surface area contributed by atoms with Crippen LogP contribution < -0.4 is 5.73 Å². The maximum absolute atomic E-state index is 12.2. The van der Waals surface area contributed by atoms with E-state index >= 15 is 0 Å². The van der Waals surface area contributed by atoms with Gasteiger partial charge in [-0.1, -0.05) is 66.4 Å². The number of rotatable bonds is 4. The maximum atomic E-state index is 12.2. The Bertz CT molecular complexity index is 585. The summed E-state index contributed by atoms with van der Waals surface area (Å²) < 4.78 is 0. The molecule has 0 spiro atoms. The van der Waals surface area contributed by atoms with Crippen LogP contribution in [-0.2, 0) is 5.75 Å². The minimum absolute atomic E-state index is 0. The second-order valence-electron chi connectivity index (χ2n) is 4.04. The van der Waals surface area contributed by atoms with Gasteiger partial charge in [0, 0.05) is 16.9 Å². The molecule has 20 heavy (non-hydrogen) atoms. The zero-order valence-electron chi connectivity index (χ0n) is 10.7. The summed E-state index contributed by atoms with van der Waals surface area (Å²) in [5, 5.41) is 7.25. The average Bonchev–Trinajstić information content (AvgIpc) is 2.46. The van der Waals surface area contributed by atoms with E-state index < -0.39 is 0 Å². The van der Waals surface area contributed by atoms with Crippen molar-refractivity contribution in [3.05, 3.63) is 71.3 Å². The molecule has 0 bridgehead atoms. The molecule has 5 heteroatoms. The summed E-state index contributed by atoms with van der Waals surface area (Å²) in [6, 6.07) is 16.6. The second-order valence-corrected chi connectivity index (χ2v) is 5.06. The largest absolute Gasteiger partial charge is 0.379 e. The molecule has 2 aromatic carbocycles. The Balaban J connectivity index is 0.00000200. The number of nitrogens with two attached hydrogens (primary N) is 1. The van der Waals surface area contributed by atoms with Crippen LogP contribution >= 0.6 is 28.7 Å². The summed E-state index contributed by atoms with van der Waals surface area (Å²) in [6.07, 6.45) is 0. The van der Waals surface area contributed by atoms with Crippen LogP contribution in [0.5, 0.6) is 0 Å². The van der Waals surface area contributed by atoms with Crippen LogP contribution in [0.15, 0.2) is 54.6 Å². The summed E-state index contributed by atoms with van der Waals surface area (Å²) in [5.41, 5.74) is 7.69. The van der Waals surface area contributed by atoms with Crippen molar-refractivity contribution < 1.29 is 4.79 Å². The molecule has 0 heterocycles. The van der Waals surface area contributed by atoms with Crippen LogP contribution in [0.2, 0.25) is 0 Å². The number of thioether (sulfide) groups is 1. The van der Waals surface area contributed by atoms with Crippen molar-refractivity contribution in [2.45, 2.75) is 5.75 Å². The highest BCUT2D eigenvalue weighted by atomic mass is 79.9. The first-order chi connectivity index (χ1) is 9.16. The highest BCUT2D eigenvalue weighted by Gasteiger charge is 2.07. The molecule has 0 unspecified atom stereocenters. The Morgan fingerprint density at radius 1 is 1.00 bits per heavy atom. The summed E-state index contributed by atoms with van der Waals surface area (Å²) in [4.78, 5) is 12.2. The molecular formula is C15H15BrN2OS. The fourth-order valence-electron chi connectivity index (χ4n) is 1.67. The normalized spacial score (nSPS) is 9.60. The SMILES string of the molecule is Br.N=C(N)SCc1ccc(C(=O)c2ccccc2)cc1. The van der Waals surface area contributed by atoms with Gasteiger partial charge in [-0.25, -0.2) is 0 Å². The molecule has 0 aliphatic carbocycles. The average molecular weight is 351 g/mol. The number of hydrogen-bond acceptors (Lipinski definition) is 3. The van der Waals surface area contributed by atoms with Gasteiger partial charge in [-0.15, -0.1) is 17.0 Å². The molecule has 0 aromatic heterocycles. The third-order valence-electron chi connectivity index (χ3n) is 2.65. The van der Waals surface area contributed by atoms with Gasteiger partial charge in [-0.3, -0.25) is 10.2 Å². The monoisotopic (exact) mass is 350 g/mol. The Kier molecular flexibility index (Phi) is 6.48. The zero-order chi connectivity index (χ0) is 13.7. The van der Waals surface area contributed by atoms with Gasteiger partial charge in [0.2, 0.25) is 0 Å². The first-order valence-electron chi connectivity index (χ1n) is 5.82. The van der Waals surface area contributed by atoms with Crippen molar-refractivity contribution in [2.24, 2.45) is 5.73 Å². The lowest BCUT2D eigenvalue weighted by atomic mass is 10.0. The molecule has 2 aromatic rings. The predicted octanol–water partition coefficient (Wildman–Crippen LogP) is 3.62. The molecule has 0 fully saturated rings. The molecule has 0 aliphatic heterocycles. The van der Waals surface area contributed by atoms with E-state index in [4.69, 9.17) is 11.1 Å². The topological polar surface area (TPSA) is 66.9 Å². The van der Waals surface area contributed by atoms with Crippen LogP contribution in [0.25, 0.3) is 0 Å². The van der Waals surface area contributed by atoms with E-state index in [9.17, 15) is 4.79 Å². The summed E-state index contributed by atoms with van der Waals surface area (Å²) in [5.74, 6) is 0.668. The first kappa shape index (κ1) is 16.5. The summed E-state index contributed by atoms with van der Waals surface area (Å²) in [6.45, 7) is 0. The van der Waals surface area contributed by atoms with E-state index in [0.717, 1.165) is 5.56 Å². The number of carbonyl (C=O) groups is 1. The van der Waals surface area contributed by atoms with Crippen molar-refractivity contribution in [1.82, 2.24) is 0 Å². The van der Waals surface area contributed by atoms with Gasteiger partial charge in [-0.05, 0) is 5.56 Å². The minimum Gasteiger partial charge on any atom is -0.379 e. The number of benzene rings is 2. The number of halogens is 1. The van der Waals surface area contributed by atoms with Gasteiger partial charge in [0.1, 0.15) is 0 Å². The van der Waals surface area contributed by atoms with Gasteiger partial charge in [0.05, 0.1) is 0 Å². The fourth-order valence-corrected chi connectivity index (χ4v) is 2.18. The van der Waals surface area contributed by atoms with Crippen LogP contribution in [0.3, 0.4) is 0 Å². The van der Waals surface area contributed by atoms with Crippen molar-refractivity contribution in [2.75, 3.05) is 0 Å². The second kappa shape index (κ2) is 7.87. The van der Waals surface area contributed by atoms with E-state index in [1.807, 2.05) is 54.6 Å². The molecule has 0 amide bonds. The predicted molar refractivity (Wildman–Crippen MR) is 89.8 cm³/mol. The smallest absolute Gasteiger partial charge is 0.193 e. The fraction of sp³-hybridized carbons (Fsp3) is 0.0667. The lowest BCUT2D eigenvalue weighted by molar-refractivity contribution is 0.103. The van der Waals surface area contributed by atoms with Crippen LogP contribution in [0.4, 0.5) is 0 Å². The number of hydrogen-bond donors (Lipinski definition) is 2. The number of amidine groups is 1. The van der Waals surface area contributed by atoms with E-state index in [1.54, 1.807) is 0 Å². The molecule has 2 rings (SSSR count). The van der Waals surface area contributed by atoms with Gasteiger partial charge < -0.3 is 5.73 Å². The molecule has 104 valence electrons. The highest BCUT2D eigenvalue weighted by molar-refractivity contribution is 8.93. The maximum Gasteiger partial charge on any atom is 0.193 e. The highest BCUT2D eigenvalue weighted by Crippen LogP contribution is 2.15. The van der Waals surface area contributed by atoms with Crippen LogP contribution in [-0.4, -0.2) is 11.0 Å². The quantitative estimate of drug-likeness (QED) is 0.502. The van der Waals surface area contributed by atoms with Crippen LogP contribution in [0.1, 0.15) is 21.5 Å². The standard InChI is InChI=1S/C15H14N2OS.BrH/c16-15(17)19-10-11-6-8-13(9-7-11)14(18)12-4-2-1-3-5-12;/h1-9H,10H2,(H3,16,17);1H. The Morgan fingerprint density at radius 3 is 2.10 bits per heavy atom. The van der Waals surface area contributed by atoms with Gasteiger partial charge >= 0.3 is 0 Å². The lowest BCUT2D eigenvalue weighted by Crippen LogP contribution is -2.04. The molecule has 0 radical (unpaired) electrons. The minimum atomic E-state index is 0. The van der Waals surface area contributed by atoms with E-state index in [1.165, 1.54) is 11.8 Å². The molecule has 0 aliphatic rings.